The van der Waals surface area contributed by atoms with Crippen molar-refractivity contribution in [3.63, 3.8) is 0 Å². The average Bonchev–Trinajstić information content (AvgIpc) is 3.03. The van der Waals surface area contributed by atoms with Crippen molar-refractivity contribution in [1.82, 2.24) is 19.8 Å². The number of likely N-dealkylation sites (N-methyl/N-ethyl adjacent to an activating group) is 1. The molecule has 1 aliphatic heterocycles. The van der Waals surface area contributed by atoms with Crippen LogP contribution in [0.5, 0.6) is 0 Å². The van der Waals surface area contributed by atoms with E-state index in [0.717, 1.165) is 37.3 Å². The van der Waals surface area contributed by atoms with Crippen molar-refractivity contribution >= 4 is 16.8 Å². The first kappa shape index (κ1) is 20.6. The minimum absolute atomic E-state index is 0.236. The molecule has 1 aromatic carbocycles. The van der Waals surface area contributed by atoms with Crippen LogP contribution in [-0.4, -0.2) is 59.4 Å². The minimum atomic E-state index is 0.236. The number of nitrogens with zero attached hydrogens (tertiary/aromatic N) is 3. The molecule has 1 N–H and O–H groups in total. The number of hydrogen-bond donors (Lipinski definition) is 1. The highest BCUT2D eigenvalue weighted by Gasteiger charge is 2.26. The van der Waals surface area contributed by atoms with Gasteiger partial charge in [0.05, 0.1) is 6.54 Å². The van der Waals surface area contributed by atoms with Gasteiger partial charge in [0.1, 0.15) is 0 Å². The Kier molecular flexibility index (Phi) is 5.65. The predicted molar refractivity (Wildman–Crippen MR) is 123 cm³/mol. The number of likely N-dealkylation sites (tertiary alicyclic amines) is 1. The standard InChI is InChI=1S/C25H32N4O/c1-16-12-21(13-17(2)26-16)20-6-7-22-18(3)25(27-23(22)14-20)19-8-10-29(11-9-19)24(30)15-28(4)5/h6-7,12-14,19,27H,8-11,15H2,1-5H3. The number of amides is 1. The van der Waals surface area contributed by atoms with Crippen LogP contribution >= 0.6 is 0 Å². The fourth-order valence-electron chi connectivity index (χ4n) is 4.74. The predicted octanol–water partition coefficient (Wildman–Crippen LogP) is 4.42. The SMILES string of the molecule is Cc1cc(-c2ccc3c(C)c(C4CCN(C(=O)CN(C)C)CC4)[nH]c3c2)cc(C)n1. The summed E-state index contributed by atoms with van der Waals surface area (Å²) in [6, 6.07) is 11.0. The molecule has 1 amide bonds. The number of piperidine rings is 1. The van der Waals surface area contributed by atoms with Gasteiger partial charge in [-0.2, -0.15) is 0 Å². The van der Waals surface area contributed by atoms with Crippen LogP contribution < -0.4 is 0 Å². The molecule has 0 unspecified atom stereocenters. The summed E-state index contributed by atoms with van der Waals surface area (Å²) in [5, 5.41) is 1.29. The maximum Gasteiger partial charge on any atom is 0.236 e. The molecule has 0 bridgehead atoms. The van der Waals surface area contributed by atoms with Gasteiger partial charge in [-0.3, -0.25) is 9.78 Å². The maximum absolute atomic E-state index is 12.4. The van der Waals surface area contributed by atoms with E-state index in [-0.39, 0.29) is 5.91 Å². The molecular formula is C25H32N4O. The molecule has 1 aliphatic rings. The summed E-state index contributed by atoms with van der Waals surface area (Å²) in [5.74, 6) is 0.717. The summed E-state index contributed by atoms with van der Waals surface area (Å²) in [6.45, 7) is 8.48. The van der Waals surface area contributed by atoms with E-state index in [9.17, 15) is 4.79 Å². The van der Waals surface area contributed by atoms with Gasteiger partial charge in [0.15, 0.2) is 0 Å². The number of hydrogen-bond acceptors (Lipinski definition) is 3. The number of benzene rings is 1. The number of fused-ring (bicyclic) bond motifs is 1. The number of aryl methyl sites for hydroxylation is 3. The molecule has 30 heavy (non-hydrogen) atoms. The monoisotopic (exact) mass is 404 g/mol. The molecule has 0 atom stereocenters. The number of carbonyl (C=O) groups is 1. The van der Waals surface area contributed by atoms with E-state index in [1.807, 2.05) is 37.7 Å². The van der Waals surface area contributed by atoms with E-state index < -0.39 is 0 Å². The van der Waals surface area contributed by atoms with E-state index >= 15 is 0 Å². The van der Waals surface area contributed by atoms with Crippen molar-refractivity contribution in [3.05, 3.63) is 53.0 Å². The Balaban J connectivity index is 1.56. The van der Waals surface area contributed by atoms with Gasteiger partial charge in [-0.15, -0.1) is 0 Å². The van der Waals surface area contributed by atoms with Crippen LogP contribution in [0.15, 0.2) is 30.3 Å². The van der Waals surface area contributed by atoms with Crippen LogP contribution in [0.25, 0.3) is 22.0 Å². The van der Waals surface area contributed by atoms with Crippen molar-refractivity contribution in [2.45, 2.75) is 39.5 Å². The largest absolute Gasteiger partial charge is 0.358 e. The summed E-state index contributed by atoms with van der Waals surface area (Å²) in [7, 11) is 3.89. The van der Waals surface area contributed by atoms with Crippen molar-refractivity contribution in [2.24, 2.45) is 0 Å². The van der Waals surface area contributed by atoms with Gasteiger partial charge in [0, 0.05) is 47.0 Å². The number of H-pyrrole nitrogens is 1. The molecule has 0 aliphatic carbocycles. The van der Waals surface area contributed by atoms with Gasteiger partial charge in [-0.05, 0) is 82.6 Å². The fourth-order valence-corrected chi connectivity index (χ4v) is 4.74. The number of carbonyl (C=O) groups excluding carboxylic acids is 1. The maximum atomic E-state index is 12.4. The smallest absolute Gasteiger partial charge is 0.236 e. The third kappa shape index (κ3) is 4.12. The normalized spacial score (nSPS) is 15.3. The molecule has 3 aromatic rings. The van der Waals surface area contributed by atoms with E-state index in [4.69, 9.17) is 0 Å². The van der Waals surface area contributed by atoms with Crippen LogP contribution in [0.1, 0.15) is 41.4 Å². The van der Waals surface area contributed by atoms with Crippen LogP contribution in [0.3, 0.4) is 0 Å². The van der Waals surface area contributed by atoms with Gasteiger partial charge >= 0.3 is 0 Å². The summed E-state index contributed by atoms with van der Waals surface area (Å²) in [6.07, 6.45) is 2.03. The zero-order chi connectivity index (χ0) is 21.4. The van der Waals surface area contributed by atoms with Gasteiger partial charge in [-0.25, -0.2) is 0 Å². The second-order valence-corrected chi connectivity index (χ2v) is 8.96. The Morgan fingerprint density at radius 2 is 1.73 bits per heavy atom. The lowest BCUT2D eigenvalue weighted by molar-refractivity contribution is -0.132. The van der Waals surface area contributed by atoms with Crippen LogP contribution in [-0.2, 0) is 4.79 Å². The quantitative estimate of drug-likeness (QED) is 0.700. The molecule has 4 rings (SSSR count). The Morgan fingerprint density at radius 3 is 2.37 bits per heavy atom. The second kappa shape index (κ2) is 8.23. The third-order valence-corrected chi connectivity index (χ3v) is 6.22. The van der Waals surface area contributed by atoms with Crippen molar-refractivity contribution in [1.29, 1.82) is 0 Å². The third-order valence-electron chi connectivity index (χ3n) is 6.22. The van der Waals surface area contributed by atoms with Crippen LogP contribution in [0.2, 0.25) is 0 Å². The number of aromatic nitrogens is 2. The lowest BCUT2D eigenvalue weighted by Gasteiger charge is -2.32. The first-order chi connectivity index (χ1) is 14.3. The van der Waals surface area contributed by atoms with Crippen LogP contribution in [0, 0.1) is 20.8 Å². The summed E-state index contributed by atoms with van der Waals surface area (Å²) < 4.78 is 0. The molecule has 1 fully saturated rings. The summed E-state index contributed by atoms with van der Waals surface area (Å²) in [4.78, 5) is 24.5. The highest BCUT2D eigenvalue weighted by molar-refractivity contribution is 5.89. The Bertz CT molecular complexity index is 1050. The van der Waals surface area contributed by atoms with E-state index in [0.29, 0.717) is 12.5 Å². The molecule has 0 spiro atoms. The minimum Gasteiger partial charge on any atom is -0.358 e. The number of pyridine rings is 1. The highest BCUT2D eigenvalue weighted by atomic mass is 16.2. The molecule has 5 nitrogen and oxygen atoms in total. The van der Waals surface area contributed by atoms with Crippen LogP contribution in [0.4, 0.5) is 0 Å². The molecule has 2 aromatic heterocycles. The lowest BCUT2D eigenvalue weighted by atomic mass is 9.91. The Morgan fingerprint density at radius 1 is 1.07 bits per heavy atom. The molecule has 1 saturated heterocycles. The summed E-state index contributed by atoms with van der Waals surface area (Å²) in [5.41, 5.74) is 8.39. The molecule has 3 heterocycles. The molecule has 0 saturated carbocycles. The van der Waals surface area contributed by atoms with E-state index in [1.54, 1.807) is 0 Å². The lowest BCUT2D eigenvalue weighted by Crippen LogP contribution is -2.42. The van der Waals surface area contributed by atoms with Gasteiger partial charge in [-0.1, -0.05) is 12.1 Å². The van der Waals surface area contributed by atoms with Crippen molar-refractivity contribution < 1.29 is 4.79 Å². The number of aromatic amines is 1. The molecular weight excluding hydrogens is 372 g/mol. The molecule has 0 radical (unpaired) electrons. The van der Waals surface area contributed by atoms with Gasteiger partial charge < -0.3 is 14.8 Å². The van der Waals surface area contributed by atoms with E-state index in [2.05, 4.69) is 47.2 Å². The highest BCUT2D eigenvalue weighted by Crippen LogP contribution is 2.35. The number of rotatable bonds is 4. The van der Waals surface area contributed by atoms with Crippen molar-refractivity contribution in [3.8, 4) is 11.1 Å². The summed E-state index contributed by atoms with van der Waals surface area (Å²) >= 11 is 0. The Labute approximate surface area is 179 Å². The second-order valence-electron chi connectivity index (χ2n) is 8.96. The van der Waals surface area contributed by atoms with Gasteiger partial charge in [0.2, 0.25) is 5.91 Å². The average molecular weight is 405 g/mol. The Hall–Kier alpha value is -2.66. The zero-order valence-electron chi connectivity index (χ0n) is 18.7. The van der Waals surface area contributed by atoms with Gasteiger partial charge in [0.25, 0.3) is 0 Å². The zero-order valence-corrected chi connectivity index (χ0v) is 18.7. The first-order valence-electron chi connectivity index (χ1n) is 10.8. The first-order valence-corrected chi connectivity index (χ1v) is 10.8. The number of nitrogens with one attached hydrogen (secondary N) is 1. The molecule has 158 valence electrons. The van der Waals surface area contributed by atoms with Crippen molar-refractivity contribution in [2.75, 3.05) is 33.7 Å². The molecule has 5 heteroatoms. The topological polar surface area (TPSA) is 52.2 Å². The van der Waals surface area contributed by atoms with E-state index in [1.165, 1.54) is 33.3 Å². The fraction of sp³-hybridized carbons (Fsp3) is 0.440.